The maximum absolute atomic E-state index is 12.1. The number of non-ortho nitro benzene ring substituents is 1. The SMILES string of the molecule is CC(=O)O.CN(C)CCN1C(=O)c2ccc([N+](=O)[O-])cc2C1=O. The molecule has 1 aromatic rings. The Labute approximate surface area is 132 Å². The van der Waals surface area contributed by atoms with Gasteiger partial charge in [-0.25, -0.2) is 0 Å². The summed E-state index contributed by atoms with van der Waals surface area (Å²) in [6, 6.07) is 3.73. The van der Waals surface area contributed by atoms with E-state index in [0.717, 1.165) is 17.9 Å². The first-order valence-electron chi connectivity index (χ1n) is 6.64. The summed E-state index contributed by atoms with van der Waals surface area (Å²) < 4.78 is 0. The van der Waals surface area contributed by atoms with Crippen molar-refractivity contribution in [2.45, 2.75) is 6.92 Å². The molecule has 9 heteroatoms. The number of nitro benzene ring substituents is 1. The zero-order valence-electron chi connectivity index (χ0n) is 13.0. The fraction of sp³-hybridized carbons (Fsp3) is 0.357. The van der Waals surface area contributed by atoms with Crippen LogP contribution in [0.1, 0.15) is 27.6 Å². The van der Waals surface area contributed by atoms with Crippen LogP contribution in [0.25, 0.3) is 0 Å². The highest BCUT2D eigenvalue weighted by atomic mass is 16.6. The molecule has 0 aromatic heterocycles. The Hall–Kier alpha value is -2.81. The van der Waals surface area contributed by atoms with Gasteiger partial charge in [-0.2, -0.15) is 0 Å². The van der Waals surface area contributed by atoms with Gasteiger partial charge in [-0.05, 0) is 20.2 Å². The van der Waals surface area contributed by atoms with Gasteiger partial charge in [-0.15, -0.1) is 0 Å². The zero-order valence-corrected chi connectivity index (χ0v) is 13.0. The predicted molar refractivity (Wildman–Crippen MR) is 80.3 cm³/mol. The minimum atomic E-state index is -0.833. The molecule has 1 heterocycles. The molecule has 2 amide bonds. The van der Waals surface area contributed by atoms with E-state index < -0.39 is 22.7 Å². The maximum atomic E-state index is 12.1. The van der Waals surface area contributed by atoms with Gasteiger partial charge < -0.3 is 10.0 Å². The third-order valence-electron chi connectivity index (χ3n) is 2.94. The number of carboxylic acid groups (broad SMARTS) is 1. The molecule has 0 atom stereocenters. The van der Waals surface area contributed by atoms with Crippen LogP contribution in [0.4, 0.5) is 5.69 Å². The van der Waals surface area contributed by atoms with Crippen LogP contribution in [-0.4, -0.2) is 64.8 Å². The summed E-state index contributed by atoms with van der Waals surface area (Å²) in [5.41, 5.74) is 0.154. The number of nitrogens with zero attached hydrogens (tertiary/aromatic N) is 3. The van der Waals surface area contributed by atoms with E-state index in [-0.39, 0.29) is 23.4 Å². The van der Waals surface area contributed by atoms with Gasteiger partial charge in [0.25, 0.3) is 23.5 Å². The average molecular weight is 323 g/mol. The number of carbonyl (C=O) groups is 3. The van der Waals surface area contributed by atoms with Crippen molar-refractivity contribution in [3.63, 3.8) is 0 Å². The monoisotopic (exact) mass is 323 g/mol. The average Bonchev–Trinajstić information content (AvgIpc) is 2.67. The number of rotatable bonds is 4. The summed E-state index contributed by atoms with van der Waals surface area (Å²) in [4.78, 5) is 46.1. The van der Waals surface area contributed by atoms with Gasteiger partial charge in [0, 0.05) is 32.1 Å². The van der Waals surface area contributed by atoms with E-state index in [1.807, 2.05) is 19.0 Å². The van der Waals surface area contributed by atoms with Crippen molar-refractivity contribution in [1.82, 2.24) is 9.80 Å². The molecule has 0 saturated carbocycles. The van der Waals surface area contributed by atoms with E-state index in [1.165, 1.54) is 12.1 Å². The number of carbonyl (C=O) groups excluding carboxylic acids is 2. The van der Waals surface area contributed by atoms with E-state index in [0.29, 0.717) is 6.54 Å². The molecular weight excluding hydrogens is 306 g/mol. The molecular formula is C14H17N3O6. The topological polar surface area (TPSA) is 121 Å². The molecule has 0 radical (unpaired) electrons. The molecule has 1 aliphatic heterocycles. The Morgan fingerprint density at radius 3 is 2.26 bits per heavy atom. The van der Waals surface area contributed by atoms with Gasteiger partial charge in [-0.3, -0.25) is 29.4 Å². The predicted octanol–water partition coefficient (Wildman–Crippen LogP) is 0.843. The highest BCUT2D eigenvalue weighted by molar-refractivity contribution is 6.21. The molecule has 0 saturated heterocycles. The minimum absolute atomic E-state index is 0.109. The number of likely N-dealkylation sites (N-methyl/N-ethyl adjacent to an activating group) is 1. The number of hydrogen-bond acceptors (Lipinski definition) is 6. The van der Waals surface area contributed by atoms with Gasteiger partial charge >= 0.3 is 0 Å². The van der Waals surface area contributed by atoms with Gasteiger partial charge in [0.15, 0.2) is 0 Å². The standard InChI is InChI=1S/C12H13N3O4.C2H4O2/c1-13(2)5-6-14-11(16)9-4-3-8(15(18)19)7-10(9)12(14)17;1-2(3)4/h3-4,7H,5-6H2,1-2H3;1H3,(H,3,4). The van der Waals surface area contributed by atoms with Crippen molar-refractivity contribution in [2.24, 2.45) is 0 Å². The Morgan fingerprint density at radius 2 is 1.78 bits per heavy atom. The van der Waals surface area contributed by atoms with E-state index in [2.05, 4.69) is 0 Å². The molecule has 0 aliphatic carbocycles. The van der Waals surface area contributed by atoms with Gasteiger partial charge in [0.1, 0.15) is 0 Å². The lowest BCUT2D eigenvalue weighted by Crippen LogP contribution is -2.35. The zero-order chi connectivity index (χ0) is 17.7. The molecule has 1 aromatic carbocycles. The van der Waals surface area contributed by atoms with Crippen LogP contribution >= 0.6 is 0 Å². The molecule has 0 spiro atoms. The summed E-state index contributed by atoms with van der Waals surface area (Å²) in [5, 5.41) is 18.1. The van der Waals surface area contributed by atoms with Crippen LogP contribution in [0.5, 0.6) is 0 Å². The Kier molecular flexibility index (Phi) is 5.91. The summed E-state index contributed by atoms with van der Waals surface area (Å²) in [5.74, 6) is -1.69. The highest BCUT2D eigenvalue weighted by Crippen LogP contribution is 2.26. The van der Waals surface area contributed by atoms with Crippen LogP contribution in [-0.2, 0) is 4.79 Å². The normalized spacial score (nSPS) is 12.8. The molecule has 124 valence electrons. The third kappa shape index (κ3) is 4.58. The Bertz CT molecular complexity index is 652. The van der Waals surface area contributed by atoms with Crippen molar-refractivity contribution < 1.29 is 24.4 Å². The summed E-state index contributed by atoms with van der Waals surface area (Å²) >= 11 is 0. The van der Waals surface area contributed by atoms with E-state index >= 15 is 0 Å². The first kappa shape index (κ1) is 18.2. The van der Waals surface area contributed by atoms with Crippen LogP contribution < -0.4 is 0 Å². The van der Waals surface area contributed by atoms with Gasteiger partial charge in [0.2, 0.25) is 0 Å². The summed E-state index contributed by atoms with van der Waals surface area (Å²) in [6.07, 6.45) is 0. The van der Waals surface area contributed by atoms with E-state index in [9.17, 15) is 19.7 Å². The molecule has 1 aliphatic rings. The molecule has 0 fully saturated rings. The van der Waals surface area contributed by atoms with Crippen LogP contribution in [0.15, 0.2) is 18.2 Å². The van der Waals surface area contributed by atoms with Gasteiger partial charge in [-0.1, -0.05) is 0 Å². The highest BCUT2D eigenvalue weighted by Gasteiger charge is 2.36. The molecule has 9 nitrogen and oxygen atoms in total. The third-order valence-corrected chi connectivity index (χ3v) is 2.94. The van der Waals surface area contributed by atoms with E-state index in [1.54, 1.807) is 0 Å². The number of imide groups is 1. The minimum Gasteiger partial charge on any atom is -0.481 e. The quantitative estimate of drug-likeness (QED) is 0.495. The van der Waals surface area contributed by atoms with Crippen LogP contribution in [0, 0.1) is 10.1 Å². The fourth-order valence-corrected chi connectivity index (χ4v) is 1.90. The second-order valence-corrected chi connectivity index (χ2v) is 5.07. The second-order valence-electron chi connectivity index (χ2n) is 5.07. The largest absolute Gasteiger partial charge is 0.481 e. The first-order valence-corrected chi connectivity index (χ1v) is 6.64. The molecule has 2 rings (SSSR count). The van der Waals surface area contributed by atoms with Crippen molar-refractivity contribution in [2.75, 3.05) is 27.2 Å². The number of amides is 2. The number of benzene rings is 1. The lowest BCUT2D eigenvalue weighted by atomic mass is 10.1. The summed E-state index contributed by atoms with van der Waals surface area (Å²) in [7, 11) is 3.67. The molecule has 0 unspecified atom stereocenters. The lowest BCUT2D eigenvalue weighted by Gasteiger charge is -2.16. The number of aliphatic carboxylic acids is 1. The van der Waals surface area contributed by atoms with E-state index in [4.69, 9.17) is 9.90 Å². The summed E-state index contributed by atoms with van der Waals surface area (Å²) in [6.45, 7) is 1.90. The number of nitro groups is 1. The number of carboxylic acids is 1. The smallest absolute Gasteiger partial charge is 0.300 e. The Balaban J connectivity index is 0.000000593. The molecule has 23 heavy (non-hydrogen) atoms. The second kappa shape index (κ2) is 7.45. The van der Waals surface area contributed by atoms with Crippen molar-refractivity contribution in [3.8, 4) is 0 Å². The number of fused-ring (bicyclic) bond motifs is 1. The van der Waals surface area contributed by atoms with Crippen molar-refractivity contribution in [3.05, 3.63) is 39.4 Å². The first-order chi connectivity index (χ1) is 10.6. The maximum Gasteiger partial charge on any atom is 0.300 e. The molecule has 0 bridgehead atoms. The van der Waals surface area contributed by atoms with Gasteiger partial charge in [0.05, 0.1) is 16.1 Å². The van der Waals surface area contributed by atoms with Crippen molar-refractivity contribution >= 4 is 23.5 Å². The fourth-order valence-electron chi connectivity index (χ4n) is 1.90. The molecule has 1 N–H and O–H groups in total. The van der Waals surface area contributed by atoms with Crippen LogP contribution in [0.2, 0.25) is 0 Å². The number of hydrogen-bond donors (Lipinski definition) is 1. The van der Waals surface area contributed by atoms with Crippen molar-refractivity contribution in [1.29, 1.82) is 0 Å². The Morgan fingerprint density at radius 1 is 1.26 bits per heavy atom. The lowest BCUT2D eigenvalue weighted by molar-refractivity contribution is -0.384. The van der Waals surface area contributed by atoms with Crippen LogP contribution in [0.3, 0.4) is 0 Å².